The van der Waals surface area contributed by atoms with Gasteiger partial charge in [0.1, 0.15) is 12.4 Å². The summed E-state index contributed by atoms with van der Waals surface area (Å²) in [5, 5.41) is 3.31. The molecule has 6 aliphatic carbocycles. The third-order valence-electron chi connectivity index (χ3n) is 14.2. The normalized spacial score (nSPS) is 39.9. The maximum Gasteiger partial charge on any atom is 0.407 e. The molecule has 8 atom stereocenters. The average molecular weight is 638 g/mol. The summed E-state index contributed by atoms with van der Waals surface area (Å²) < 4.78 is 11.8. The summed E-state index contributed by atoms with van der Waals surface area (Å²) in [6, 6.07) is 0. The van der Waals surface area contributed by atoms with Crippen LogP contribution in [0.2, 0.25) is 0 Å². The molecule has 0 saturated heterocycles. The highest BCUT2D eigenvalue weighted by Crippen LogP contribution is 2.72. The molecule has 1 amide bonds. The number of rotatable bonds is 8. The maximum absolute atomic E-state index is 13.7. The molecule has 6 aliphatic rings. The fraction of sp³-hybridized carbons (Fsp3) is 0.846. The number of nitrogens with one attached hydrogen (secondary N) is 1. The first-order valence-corrected chi connectivity index (χ1v) is 18.4. The number of Topliss-reactive ketones (excluding diaryl/α,β-unsaturated/α-hetero) is 1. The molecule has 1 N–H and O–H groups in total. The van der Waals surface area contributed by atoms with Gasteiger partial charge in [-0.3, -0.25) is 9.59 Å². The Labute approximate surface area is 276 Å². The summed E-state index contributed by atoms with van der Waals surface area (Å²) in [5.41, 5.74) is 1.01. The van der Waals surface area contributed by atoms with Crippen molar-refractivity contribution >= 4 is 24.1 Å². The number of alkyl carbamates (subject to hydrolysis) is 1. The molecule has 6 rings (SSSR count). The van der Waals surface area contributed by atoms with Crippen LogP contribution in [0.25, 0.3) is 0 Å². The molecule has 0 bridgehead atoms. The van der Waals surface area contributed by atoms with Gasteiger partial charge < -0.3 is 19.6 Å². The number of carbonyl (C=O) groups excluding carboxylic acids is 4. The SMILES string of the molecule is CC(C)C1=C2C3CCC4C(C)(CCC5C(C)(C)C(OC(=O)CC(C)(C)C=O)CCC54C)C3CCC2(NC(=O)OCC2CC2)CC1=O. The number of aldehydes is 1. The molecule has 5 saturated carbocycles. The fourth-order valence-electron chi connectivity index (χ4n) is 11.9. The van der Waals surface area contributed by atoms with Crippen molar-refractivity contribution in [3.05, 3.63) is 11.1 Å². The monoisotopic (exact) mass is 637 g/mol. The first-order chi connectivity index (χ1) is 21.5. The number of carbonyl (C=O) groups is 4. The summed E-state index contributed by atoms with van der Waals surface area (Å²) in [4.78, 5) is 51.3. The Balaban J connectivity index is 1.25. The number of amides is 1. The van der Waals surface area contributed by atoms with Gasteiger partial charge in [0.2, 0.25) is 0 Å². The minimum Gasteiger partial charge on any atom is -0.462 e. The van der Waals surface area contributed by atoms with E-state index >= 15 is 0 Å². The van der Waals surface area contributed by atoms with Gasteiger partial charge in [-0.05, 0) is 122 Å². The van der Waals surface area contributed by atoms with E-state index in [-0.39, 0.29) is 52.5 Å². The Morgan fingerprint density at radius 3 is 2.28 bits per heavy atom. The minimum atomic E-state index is -0.714. The number of ether oxygens (including phenoxy) is 2. The molecule has 0 aromatic heterocycles. The highest BCUT2D eigenvalue weighted by Gasteiger charge is 2.67. The van der Waals surface area contributed by atoms with Crippen LogP contribution in [-0.4, -0.2) is 42.4 Å². The van der Waals surface area contributed by atoms with Gasteiger partial charge in [0, 0.05) is 17.3 Å². The van der Waals surface area contributed by atoms with Crippen LogP contribution in [0.3, 0.4) is 0 Å². The predicted molar refractivity (Wildman–Crippen MR) is 177 cm³/mol. The van der Waals surface area contributed by atoms with Gasteiger partial charge in [0.25, 0.3) is 0 Å². The number of hydrogen-bond acceptors (Lipinski definition) is 6. The van der Waals surface area contributed by atoms with E-state index in [2.05, 4.69) is 46.9 Å². The maximum atomic E-state index is 13.7. The molecule has 7 nitrogen and oxygen atoms in total. The highest BCUT2D eigenvalue weighted by atomic mass is 16.6. The highest BCUT2D eigenvalue weighted by molar-refractivity contribution is 6.02. The molecular formula is C39H59NO6. The Kier molecular flexibility index (Phi) is 8.40. The lowest BCUT2D eigenvalue weighted by molar-refractivity contribution is -0.213. The van der Waals surface area contributed by atoms with Gasteiger partial charge in [0.05, 0.1) is 18.6 Å². The molecular weight excluding hydrogens is 578 g/mol. The number of hydrogen-bond donors (Lipinski definition) is 1. The molecule has 8 unspecified atom stereocenters. The summed E-state index contributed by atoms with van der Waals surface area (Å²) in [5.74, 6) is 2.33. The quantitative estimate of drug-likeness (QED) is 0.214. The summed E-state index contributed by atoms with van der Waals surface area (Å²) >= 11 is 0. The third kappa shape index (κ3) is 5.47. The predicted octanol–water partition coefficient (Wildman–Crippen LogP) is 7.99. The van der Waals surface area contributed by atoms with Gasteiger partial charge >= 0.3 is 12.1 Å². The van der Waals surface area contributed by atoms with Crippen molar-refractivity contribution in [3.63, 3.8) is 0 Å². The van der Waals surface area contributed by atoms with Crippen molar-refractivity contribution in [3.8, 4) is 0 Å². The van der Waals surface area contributed by atoms with E-state index in [0.29, 0.717) is 42.6 Å². The number of ketones is 1. The molecule has 0 aromatic carbocycles. The first-order valence-electron chi connectivity index (χ1n) is 18.4. The molecule has 0 aromatic rings. The van der Waals surface area contributed by atoms with E-state index < -0.39 is 11.0 Å². The number of fused-ring (bicyclic) bond motifs is 7. The van der Waals surface area contributed by atoms with Crippen molar-refractivity contribution in [2.24, 2.45) is 57.2 Å². The van der Waals surface area contributed by atoms with E-state index in [1.807, 2.05) is 0 Å². The van der Waals surface area contributed by atoms with Crippen LogP contribution in [-0.2, 0) is 23.9 Å². The number of allylic oxidation sites excluding steroid dienone is 1. The molecule has 0 aliphatic heterocycles. The topological polar surface area (TPSA) is 98.8 Å². The lowest BCUT2D eigenvalue weighted by atomic mass is 9.37. The van der Waals surface area contributed by atoms with E-state index in [0.717, 1.165) is 76.1 Å². The van der Waals surface area contributed by atoms with Crippen LogP contribution in [0.5, 0.6) is 0 Å². The smallest absolute Gasteiger partial charge is 0.407 e. The minimum absolute atomic E-state index is 0.111. The van der Waals surface area contributed by atoms with Crippen LogP contribution in [0, 0.1) is 57.2 Å². The average Bonchev–Trinajstić information content (AvgIpc) is 3.74. The van der Waals surface area contributed by atoms with Crippen LogP contribution in [0.4, 0.5) is 4.79 Å². The van der Waals surface area contributed by atoms with Gasteiger partial charge in [-0.1, -0.05) is 55.4 Å². The third-order valence-corrected chi connectivity index (χ3v) is 14.2. The Morgan fingerprint density at radius 2 is 1.63 bits per heavy atom. The van der Waals surface area contributed by atoms with Crippen molar-refractivity contribution < 1.29 is 28.7 Å². The fourth-order valence-corrected chi connectivity index (χ4v) is 11.9. The zero-order chi connectivity index (χ0) is 33.4. The van der Waals surface area contributed by atoms with E-state index in [9.17, 15) is 19.2 Å². The lowest BCUT2D eigenvalue weighted by Crippen LogP contribution is -2.64. The molecule has 46 heavy (non-hydrogen) atoms. The molecule has 0 radical (unpaired) electrons. The largest absolute Gasteiger partial charge is 0.462 e. The van der Waals surface area contributed by atoms with Crippen LogP contribution < -0.4 is 5.32 Å². The summed E-state index contributed by atoms with van der Waals surface area (Å²) in [7, 11) is 0. The van der Waals surface area contributed by atoms with Gasteiger partial charge in [-0.2, -0.15) is 0 Å². The zero-order valence-corrected chi connectivity index (χ0v) is 29.8. The van der Waals surface area contributed by atoms with Crippen molar-refractivity contribution in [2.45, 2.75) is 144 Å². The number of esters is 1. The Morgan fingerprint density at radius 1 is 0.935 bits per heavy atom. The second-order valence-electron chi connectivity index (χ2n) is 18.4. The molecule has 7 heteroatoms. The van der Waals surface area contributed by atoms with Gasteiger partial charge in [-0.15, -0.1) is 0 Å². The van der Waals surface area contributed by atoms with Gasteiger partial charge in [-0.25, -0.2) is 4.79 Å². The second-order valence-corrected chi connectivity index (χ2v) is 18.4. The van der Waals surface area contributed by atoms with E-state index in [1.165, 1.54) is 5.57 Å². The van der Waals surface area contributed by atoms with Gasteiger partial charge in [0.15, 0.2) is 5.78 Å². The van der Waals surface area contributed by atoms with Crippen molar-refractivity contribution in [1.29, 1.82) is 0 Å². The van der Waals surface area contributed by atoms with Crippen molar-refractivity contribution in [1.82, 2.24) is 5.32 Å². The van der Waals surface area contributed by atoms with E-state index in [1.54, 1.807) is 13.8 Å². The molecule has 5 fully saturated rings. The molecule has 256 valence electrons. The molecule has 0 heterocycles. The lowest BCUT2D eigenvalue weighted by Gasteiger charge is -2.68. The molecule has 0 spiro atoms. The Hall–Kier alpha value is -2.18. The van der Waals surface area contributed by atoms with Crippen molar-refractivity contribution in [2.75, 3.05) is 6.61 Å². The standard InChI is InChI=1S/C39H59NO6/c1-23(2)32-27(42)19-39(40-34(44)45-21-24-9-10-24)18-13-26-25(33(32)39)11-12-29-37(26,7)16-14-28-36(5,6)30(15-17-38(28,29)8)46-31(43)20-35(3,4)22-41/h22-26,28-30H,9-21H2,1-8H3,(H,40,44). The van der Waals surface area contributed by atoms with Crippen LogP contribution >= 0.6 is 0 Å². The first kappa shape index (κ1) is 33.7. The summed E-state index contributed by atoms with van der Waals surface area (Å²) in [6.07, 6.45) is 11.2. The van der Waals surface area contributed by atoms with Crippen LogP contribution in [0.1, 0.15) is 132 Å². The Bertz CT molecular complexity index is 1310. The second kappa shape index (κ2) is 11.5. The van der Waals surface area contributed by atoms with Crippen LogP contribution in [0.15, 0.2) is 11.1 Å². The summed E-state index contributed by atoms with van der Waals surface area (Å²) in [6.45, 7) is 18.0. The zero-order valence-electron chi connectivity index (χ0n) is 29.8. The van der Waals surface area contributed by atoms with E-state index in [4.69, 9.17) is 9.47 Å².